The molecule has 1 heterocycles. The largest absolute Gasteiger partial charge is 0.337 e. The number of benzene rings is 1. The Morgan fingerprint density at radius 3 is 2.43 bits per heavy atom. The van der Waals surface area contributed by atoms with E-state index in [1.807, 2.05) is 18.5 Å². The zero-order valence-corrected chi connectivity index (χ0v) is 13.6. The smallest absolute Gasteiger partial charge is 0.253 e. The maximum Gasteiger partial charge on any atom is 0.253 e. The minimum Gasteiger partial charge on any atom is -0.337 e. The molecule has 0 aliphatic rings. The Labute approximate surface area is 130 Å². The number of carbonyl (C=O) groups excluding carboxylic acids is 1. The van der Waals surface area contributed by atoms with E-state index in [0.717, 1.165) is 23.5 Å². The topological polar surface area (TPSA) is 38.1 Å². The van der Waals surface area contributed by atoms with E-state index in [-0.39, 0.29) is 5.91 Å². The molecule has 4 nitrogen and oxygen atoms in total. The third kappa shape index (κ3) is 3.27. The summed E-state index contributed by atoms with van der Waals surface area (Å²) in [6.07, 6.45) is 0. The Kier molecular flexibility index (Phi) is 4.68. The van der Waals surface area contributed by atoms with Crippen LogP contribution in [0.4, 0.5) is 0 Å². The Morgan fingerprint density at radius 2 is 1.90 bits per heavy atom. The fourth-order valence-corrected chi connectivity index (χ4v) is 2.52. The maximum atomic E-state index is 12.4. The predicted molar refractivity (Wildman–Crippen MR) is 84.6 cm³/mol. The highest BCUT2D eigenvalue weighted by Crippen LogP contribution is 2.17. The van der Waals surface area contributed by atoms with Crippen LogP contribution in [0.25, 0.3) is 0 Å². The van der Waals surface area contributed by atoms with E-state index in [1.165, 1.54) is 0 Å². The van der Waals surface area contributed by atoms with Crippen LogP contribution in [0.15, 0.2) is 24.3 Å². The van der Waals surface area contributed by atoms with Crippen molar-refractivity contribution in [3.63, 3.8) is 0 Å². The van der Waals surface area contributed by atoms with Gasteiger partial charge in [-0.25, -0.2) is 0 Å². The highest BCUT2D eigenvalue weighted by atomic mass is 35.5. The number of aromatic nitrogens is 2. The standard InChI is InChI=1S/C16H20ClN3O/c1-5-20-12(3)15(11(2)18-20)10-19(4)16(21)13-6-8-14(17)9-7-13/h6-9H,5,10H2,1-4H3. The molecule has 0 spiro atoms. The monoisotopic (exact) mass is 305 g/mol. The molecule has 5 heteroatoms. The quantitative estimate of drug-likeness (QED) is 0.868. The van der Waals surface area contributed by atoms with E-state index in [1.54, 1.807) is 36.2 Å². The molecule has 0 fully saturated rings. The fraction of sp³-hybridized carbons (Fsp3) is 0.375. The van der Waals surface area contributed by atoms with Gasteiger partial charge in [0, 0.05) is 42.0 Å². The molecule has 1 aromatic heterocycles. The summed E-state index contributed by atoms with van der Waals surface area (Å²) in [5.41, 5.74) is 3.85. The summed E-state index contributed by atoms with van der Waals surface area (Å²) in [6, 6.07) is 6.95. The normalized spacial score (nSPS) is 10.7. The number of carbonyl (C=O) groups is 1. The second kappa shape index (κ2) is 6.31. The van der Waals surface area contributed by atoms with Gasteiger partial charge in [0.05, 0.1) is 5.69 Å². The summed E-state index contributed by atoms with van der Waals surface area (Å²) in [7, 11) is 1.80. The number of amides is 1. The van der Waals surface area contributed by atoms with Gasteiger partial charge in [-0.15, -0.1) is 0 Å². The van der Waals surface area contributed by atoms with Crippen molar-refractivity contribution >= 4 is 17.5 Å². The molecule has 0 saturated heterocycles. The van der Waals surface area contributed by atoms with Gasteiger partial charge in [0.25, 0.3) is 5.91 Å². The van der Waals surface area contributed by atoms with Crippen molar-refractivity contribution in [2.24, 2.45) is 0 Å². The number of hydrogen-bond acceptors (Lipinski definition) is 2. The molecule has 0 saturated carbocycles. The Bertz CT molecular complexity index is 646. The molecule has 1 aromatic carbocycles. The van der Waals surface area contributed by atoms with Gasteiger partial charge < -0.3 is 4.90 Å². The van der Waals surface area contributed by atoms with E-state index in [9.17, 15) is 4.79 Å². The summed E-state index contributed by atoms with van der Waals surface area (Å²) >= 11 is 5.85. The van der Waals surface area contributed by atoms with Crippen LogP contribution in [-0.2, 0) is 13.1 Å². The van der Waals surface area contributed by atoms with Gasteiger partial charge in [0.2, 0.25) is 0 Å². The molecule has 112 valence electrons. The lowest BCUT2D eigenvalue weighted by atomic mass is 10.1. The number of rotatable bonds is 4. The van der Waals surface area contributed by atoms with Gasteiger partial charge >= 0.3 is 0 Å². The van der Waals surface area contributed by atoms with Gasteiger partial charge in [-0.3, -0.25) is 9.48 Å². The first-order chi connectivity index (χ1) is 9.93. The van der Waals surface area contributed by atoms with Crippen LogP contribution < -0.4 is 0 Å². The molecule has 0 atom stereocenters. The molecule has 0 N–H and O–H groups in total. The van der Waals surface area contributed by atoms with Crippen molar-refractivity contribution in [3.05, 3.63) is 51.8 Å². The van der Waals surface area contributed by atoms with E-state index in [4.69, 9.17) is 11.6 Å². The van der Waals surface area contributed by atoms with Crippen LogP contribution in [0.2, 0.25) is 5.02 Å². The van der Waals surface area contributed by atoms with Crippen molar-refractivity contribution in [1.29, 1.82) is 0 Å². The van der Waals surface area contributed by atoms with Crippen molar-refractivity contribution in [2.75, 3.05) is 7.05 Å². The minimum absolute atomic E-state index is 0.0188. The van der Waals surface area contributed by atoms with Crippen LogP contribution in [-0.4, -0.2) is 27.6 Å². The molecule has 1 amide bonds. The van der Waals surface area contributed by atoms with E-state index < -0.39 is 0 Å². The van der Waals surface area contributed by atoms with Gasteiger partial charge in [-0.2, -0.15) is 5.10 Å². The Morgan fingerprint density at radius 1 is 1.29 bits per heavy atom. The SMILES string of the molecule is CCn1nc(C)c(CN(C)C(=O)c2ccc(Cl)cc2)c1C. The zero-order chi connectivity index (χ0) is 15.6. The van der Waals surface area contributed by atoms with Crippen molar-refractivity contribution in [3.8, 4) is 0 Å². The average Bonchev–Trinajstić information content (AvgIpc) is 2.74. The van der Waals surface area contributed by atoms with Crippen molar-refractivity contribution in [1.82, 2.24) is 14.7 Å². The first-order valence-electron chi connectivity index (χ1n) is 6.98. The first-order valence-corrected chi connectivity index (χ1v) is 7.35. The van der Waals surface area contributed by atoms with Gasteiger partial charge in [-0.1, -0.05) is 11.6 Å². The van der Waals surface area contributed by atoms with Gasteiger partial charge in [-0.05, 0) is 45.0 Å². The van der Waals surface area contributed by atoms with Crippen molar-refractivity contribution < 1.29 is 4.79 Å². The summed E-state index contributed by atoms with van der Waals surface area (Å²) in [4.78, 5) is 14.1. The summed E-state index contributed by atoms with van der Waals surface area (Å²) < 4.78 is 1.96. The first kappa shape index (κ1) is 15.6. The number of halogens is 1. The van der Waals surface area contributed by atoms with E-state index in [2.05, 4.69) is 12.0 Å². The van der Waals surface area contributed by atoms with Crippen LogP contribution in [0.5, 0.6) is 0 Å². The lowest BCUT2D eigenvalue weighted by Crippen LogP contribution is -2.26. The molecular weight excluding hydrogens is 286 g/mol. The van der Waals surface area contributed by atoms with Gasteiger partial charge in [0.1, 0.15) is 0 Å². The molecule has 0 bridgehead atoms. The van der Waals surface area contributed by atoms with E-state index in [0.29, 0.717) is 17.1 Å². The highest BCUT2D eigenvalue weighted by Gasteiger charge is 2.17. The molecule has 0 aliphatic heterocycles. The fourth-order valence-electron chi connectivity index (χ4n) is 2.39. The van der Waals surface area contributed by atoms with Crippen LogP contribution in [0.1, 0.15) is 34.2 Å². The van der Waals surface area contributed by atoms with Crippen LogP contribution >= 0.6 is 11.6 Å². The predicted octanol–water partition coefficient (Wildman–Crippen LogP) is 3.45. The van der Waals surface area contributed by atoms with Crippen molar-refractivity contribution in [2.45, 2.75) is 33.9 Å². The van der Waals surface area contributed by atoms with Gasteiger partial charge in [0.15, 0.2) is 0 Å². The van der Waals surface area contributed by atoms with E-state index >= 15 is 0 Å². The number of aryl methyl sites for hydroxylation is 2. The second-order valence-electron chi connectivity index (χ2n) is 5.13. The Hall–Kier alpha value is -1.81. The minimum atomic E-state index is -0.0188. The third-order valence-electron chi connectivity index (χ3n) is 3.66. The van der Waals surface area contributed by atoms with Crippen LogP contribution in [0, 0.1) is 13.8 Å². The maximum absolute atomic E-state index is 12.4. The van der Waals surface area contributed by atoms with Crippen LogP contribution in [0.3, 0.4) is 0 Å². The molecule has 21 heavy (non-hydrogen) atoms. The molecule has 0 unspecified atom stereocenters. The third-order valence-corrected chi connectivity index (χ3v) is 3.92. The molecule has 2 aromatic rings. The lowest BCUT2D eigenvalue weighted by molar-refractivity contribution is 0.0784. The lowest BCUT2D eigenvalue weighted by Gasteiger charge is -2.17. The summed E-state index contributed by atoms with van der Waals surface area (Å²) in [5.74, 6) is -0.0188. The molecular formula is C16H20ClN3O. The number of nitrogens with zero attached hydrogens (tertiary/aromatic N) is 3. The Balaban J connectivity index is 2.18. The number of hydrogen-bond donors (Lipinski definition) is 0. The summed E-state index contributed by atoms with van der Waals surface area (Å²) in [5, 5.41) is 5.12. The highest BCUT2D eigenvalue weighted by molar-refractivity contribution is 6.30. The second-order valence-corrected chi connectivity index (χ2v) is 5.57. The zero-order valence-electron chi connectivity index (χ0n) is 12.9. The summed E-state index contributed by atoms with van der Waals surface area (Å²) in [6.45, 7) is 7.47. The molecule has 0 aliphatic carbocycles. The molecule has 0 radical (unpaired) electrons. The molecule has 2 rings (SSSR count). The average molecular weight is 306 g/mol.